The molecule has 3 nitrogen and oxygen atoms in total. The zero-order chi connectivity index (χ0) is 11.1. The van der Waals surface area contributed by atoms with Crippen LogP contribution in [0.25, 0.3) is 0 Å². The summed E-state index contributed by atoms with van der Waals surface area (Å²) >= 11 is 3.33. The van der Waals surface area contributed by atoms with E-state index in [1.54, 1.807) is 0 Å². The highest BCUT2D eigenvalue weighted by Crippen LogP contribution is 2.09. The number of carbonyl (C=O) groups excluding carboxylic acids is 1. The largest absolute Gasteiger partial charge is 0.335 e. The van der Waals surface area contributed by atoms with E-state index in [2.05, 4.69) is 25.9 Å². The van der Waals surface area contributed by atoms with Crippen molar-refractivity contribution in [2.45, 2.75) is 19.8 Å². The lowest BCUT2D eigenvalue weighted by Gasteiger charge is -1.95. The summed E-state index contributed by atoms with van der Waals surface area (Å²) in [5.74, 6) is -0.300. The zero-order valence-electron chi connectivity index (χ0n) is 8.44. The molecule has 0 saturated heterocycles. The summed E-state index contributed by atoms with van der Waals surface area (Å²) in [4.78, 5) is 15.6. The van der Waals surface area contributed by atoms with Gasteiger partial charge in [0.2, 0.25) is 0 Å². The molecule has 0 N–H and O–H groups in total. The van der Waals surface area contributed by atoms with Crippen molar-refractivity contribution in [1.29, 1.82) is 0 Å². The third-order valence-electron chi connectivity index (χ3n) is 1.68. The van der Waals surface area contributed by atoms with Crippen LogP contribution in [0.15, 0.2) is 33.9 Å². The van der Waals surface area contributed by atoms with E-state index in [4.69, 9.17) is 0 Å². The molecule has 0 spiro atoms. The predicted octanol–water partition coefficient (Wildman–Crippen LogP) is 3.13. The lowest BCUT2D eigenvalue weighted by atomic mass is 10.2. The van der Waals surface area contributed by atoms with Crippen LogP contribution in [0.1, 0.15) is 25.3 Å². The molecule has 1 aromatic rings. The van der Waals surface area contributed by atoms with E-state index < -0.39 is 0 Å². The first-order valence-electron chi connectivity index (χ1n) is 4.71. The Morgan fingerprint density at radius 1 is 1.47 bits per heavy atom. The topological polar surface area (TPSA) is 38.7 Å². The molecule has 0 aliphatic heterocycles. The van der Waals surface area contributed by atoms with Crippen LogP contribution in [-0.4, -0.2) is 12.2 Å². The molecule has 0 amide bonds. The molecule has 1 rings (SSSR count). The third-order valence-corrected chi connectivity index (χ3v) is 2.21. The quantitative estimate of drug-likeness (QED) is 0.479. The van der Waals surface area contributed by atoms with Crippen molar-refractivity contribution in [3.63, 3.8) is 0 Å². The van der Waals surface area contributed by atoms with Crippen molar-refractivity contribution in [2.24, 2.45) is 5.16 Å². The van der Waals surface area contributed by atoms with E-state index in [0.717, 1.165) is 16.5 Å². The van der Waals surface area contributed by atoms with Crippen LogP contribution in [0.5, 0.6) is 0 Å². The monoisotopic (exact) mass is 269 g/mol. The van der Waals surface area contributed by atoms with Crippen molar-refractivity contribution < 1.29 is 9.63 Å². The molecule has 0 aromatic heterocycles. The van der Waals surface area contributed by atoms with Crippen molar-refractivity contribution in [3.05, 3.63) is 34.3 Å². The Morgan fingerprint density at radius 3 is 2.73 bits per heavy atom. The van der Waals surface area contributed by atoms with Crippen molar-refractivity contribution in [3.8, 4) is 0 Å². The molecule has 4 heteroatoms. The van der Waals surface area contributed by atoms with Crippen LogP contribution in [0, 0.1) is 0 Å². The van der Waals surface area contributed by atoms with E-state index in [-0.39, 0.29) is 5.97 Å². The first-order valence-corrected chi connectivity index (χ1v) is 5.50. The van der Waals surface area contributed by atoms with Crippen LogP contribution in [-0.2, 0) is 9.63 Å². The molecule has 0 heterocycles. The Hall–Kier alpha value is -1.16. The van der Waals surface area contributed by atoms with Gasteiger partial charge in [0.25, 0.3) is 0 Å². The third kappa shape index (κ3) is 4.74. The van der Waals surface area contributed by atoms with E-state index in [0.29, 0.717) is 6.42 Å². The van der Waals surface area contributed by atoms with Crippen molar-refractivity contribution in [1.82, 2.24) is 0 Å². The second-order valence-electron chi connectivity index (χ2n) is 3.00. The summed E-state index contributed by atoms with van der Waals surface area (Å²) in [6.45, 7) is 1.92. The second kappa shape index (κ2) is 6.35. The van der Waals surface area contributed by atoms with Gasteiger partial charge in [0.15, 0.2) is 0 Å². The molecule has 15 heavy (non-hydrogen) atoms. The average molecular weight is 270 g/mol. The Labute approximate surface area is 97.2 Å². The number of hydrogen-bond acceptors (Lipinski definition) is 3. The fraction of sp³-hybridized carbons (Fsp3) is 0.273. The summed E-state index contributed by atoms with van der Waals surface area (Å²) in [6.07, 6.45) is 2.68. The van der Waals surface area contributed by atoms with Crippen molar-refractivity contribution in [2.75, 3.05) is 0 Å². The standard InChI is InChI=1S/C11H12BrNO2/c1-2-3-11(14)15-13-8-9-4-6-10(12)7-5-9/h4-8H,2-3H2,1H3/b13-8-. The minimum absolute atomic E-state index is 0.300. The van der Waals surface area contributed by atoms with Crippen LogP contribution in [0.3, 0.4) is 0 Å². The van der Waals surface area contributed by atoms with Crippen LogP contribution in [0.4, 0.5) is 0 Å². The van der Waals surface area contributed by atoms with Gasteiger partial charge in [-0.05, 0) is 24.1 Å². The summed E-state index contributed by atoms with van der Waals surface area (Å²) in [5, 5.41) is 3.60. The smallest absolute Gasteiger partial charge is 0.318 e. The Bertz CT molecular complexity index is 346. The average Bonchev–Trinajstić information content (AvgIpc) is 2.21. The zero-order valence-corrected chi connectivity index (χ0v) is 10.0. The molecule has 0 unspecified atom stereocenters. The number of nitrogens with zero attached hydrogens (tertiary/aromatic N) is 1. The molecular weight excluding hydrogens is 258 g/mol. The normalized spacial score (nSPS) is 10.5. The Morgan fingerprint density at radius 2 is 2.13 bits per heavy atom. The van der Waals surface area contributed by atoms with Gasteiger partial charge in [0.05, 0.1) is 6.21 Å². The molecule has 0 atom stereocenters. The highest BCUT2D eigenvalue weighted by Gasteiger charge is 1.97. The molecule has 80 valence electrons. The fourth-order valence-corrected chi connectivity index (χ4v) is 1.21. The van der Waals surface area contributed by atoms with Gasteiger partial charge in [0, 0.05) is 10.9 Å². The maximum atomic E-state index is 10.9. The highest BCUT2D eigenvalue weighted by atomic mass is 79.9. The van der Waals surface area contributed by atoms with Crippen LogP contribution < -0.4 is 0 Å². The predicted molar refractivity (Wildman–Crippen MR) is 62.7 cm³/mol. The van der Waals surface area contributed by atoms with Gasteiger partial charge < -0.3 is 4.84 Å². The van der Waals surface area contributed by atoms with E-state index >= 15 is 0 Å². The Kier molecular flexibility index (Phi) is 5.04. The minimum atomic E-state index is -0.300. The maximum absolute atomic E-state index is 10.9. The van der Waals surface area contributed by atoms with Gasteiger partial charge in [-0.1, -0.05) is 40.1 Å². The molecule has 0 bridgehead atoms. The second-order valence-corrected chi connectivity index (χ2v) is 3.92. The van der Waals surface area contributed by atoms with Crippen molar-refractivity contribution >= 4 is 28.1 Å². The molecule has 0 fully saturated rings. The van der Waals surface area contributed by atoms with E-state index in [1.165, 1.54) is 6.21 Å². The molecule has 0 aliphatic rings. The Balaban J connectivity index is 2.44. The van der Waals surface area contributed by atoms with Gasteiger partial charge in [0.1, 0.15) is 0 Å². The molecule has 1 aromatic carbocycles. The number of hydrogen-bond donors (Lipinski definition) is 0. The highest BCUT2D eigenvalue weighted by molar-refractivity contribution is 9.10. The minimum Gasteiger partial charge on any atom is -0.318 e. The summed E-state index contributed by atoms with van der Waals surface area (Å²) < 4.78 is 1.00. The van der Waals surface area contributed by atoms with Crippen LogP contribution >= 0.6 is 15.9 Å². The molecule has 0 radical (unpaired) electrons. The number of halogens is 1. The molecular formula is C11H12BrNO2. The van der Waals surface area contributed by atoms with Gasteiger partial charge in [-0.15, -0.1) is 0 Å². The first-order chi connectivity index (χ1) is 7.22. The van der Waals surface area contributed by atoms with E-state index in [9.17, 15) is 4.79 Å². The fourth-order valence-electron chi connectivity index (χ4n) is 0.945. The molecule has 0 saturated carbocycles. The van der Waals surface area contributed by atoms with Gasteiger partial charge in [-0.3, -0.25) is 0 Å². The lowest BCUT2D eigenvalue weighted by molar-refractivity contribution is -0.143. The number of oxime groups is 1. The first kappa shape index (κ1) is 11.9. The van der Waals surface area contributed by atoms with E-state index in [1.807, 2.05) is 31.2 Å². The van der Waals surface area contributed by atoms with Gasteiger partial charge in [-0.2, -0.15) is 0 Å². The number of benzene rings is 1. The SMILES string of the molecule is CCCC(=O)O/N=C\c1ccc(Br)cc1. The van der Waals surface area contributed by atoms with Gasteiger partial charge in [-0.25, -0.2) is 4.79 Å². The van der Waals surface area contributed by atoms with Crippen LogP contribution in [0.2, 0.25) is 0 Å². The number of carbonyl (C=O) groups is 1. The summed E-state index contributed by atoms with van der Waals surface area (Å²) in [5.41, 5.74) is 0.891. The summed E-state index contributed by atoms with van der Waals surface area (Å²) in [6, 6.07) is 7.55. The molecule has 0 aliphatic carbocycles. The van der Waals surface area contributed by atoms with Gasteiger partial charge >= 0.3 is 5.97 Å². The maximum Gasteiger partial charge on any atom is 0.335 e. The lowest BCUT2D eigenvalue weighted by Crippen LogP contribution is -1.98. The number of rotatable bonds is 4. The summed E-state index contributed by atoms with van der Waals surface area (Å²) in [7, 11) is 0.